The summed E-state index contributed by atoms with van der Waals surface area (Å²) in [6.07, 6.45) is 6.70. The first-order valence-corrected chi connectivity index (χ1v) is 15.0. The number of likely N-dealkylation sites (N-methyl/N-ethyl adjacent to an activating group) is 1. The van der Waals surface area contributed by atoms with Crippen molar-refractivity contribution < 1.29 is 14.3 Å². The summed E-state index contributed by atoms with van der Waals surface area (Å²) in [4.78, 5) is 30.5. The maximum atomic E-state index is 13.3. The van der Waals surface area contributed by atoms with E-state index in [4.69, 9.17) is 4.74 Å². The fourth-order valence-electron chi connectivity index (χ4n) is 6.24. The Kier molecular flexibility index (Phi) is 8.88. The predicted octanol–water partition coefficient (Wildman–Crippen LogP) is 5.90. The van der Waals surface area contributed by atoms with Gasteiger partial charge in [0, 0.05) is 48.2 Å². The first-order valence-electron chi connectivity index (χ1n) is 15.0. The molecule has 2 fully saturated rings. The number of methoxy groups -OCH3 is 1. The first-order chi connectivity index (χ1) is 19.7. The quantitative estimate of drug-likeness (QED) is 0.356. The Bertz CT molecular complexity index is 1320. The molecule has 0 radical (unpaired) electrons. The predicted molar refractivity (Wildman–Crippen MR) is 165 cm³/mol. The Morgan fingerprint density at radius 3 is 2.49 bits per heavy atom. The molecule has 2 aliphatic carbocycles. The lowest BCUT2D eigenvalue weighted by Crippen LogP contribution is -2.47. The van der Waals surface area contributed by atoms with Crippen LogP contribution in [-0.4, -0.2) is 62.1 Å². The molecule has 0 atom stereocenters. The number of hydrogen-bond acceptors (Lipinski definition) is 5. The smallest absolute Gasteiger partial charge is 0.322 e. The summed E-state index contributed by atoms with van der Waals surface area (Å²) in [5.74, 6) is 0.754. The van der Waals surface area contributed by atoms with Crippen LogP contribution in [0, 0.1) is 19.8 Å². The van der Waals surface area contributed by atoms with E-state index in [1.165, 1.54) is 34.4 Å². The van der Waals surface area contributed by atoms with E-state index in [1.807, 2.05) is 30.0 Å². The van der Waals surface area contributed by atoms with Gasteiger partial charge in [-0.05, 0) is 119 Å². The molecule has 0 spiro atoms. The molecule has 220 valence electrons. The van der Waals surface area contributed by atoms with Crippen molar-refractivity contribution in [2.75, 3.05) is 44.9 Å². The average Bonchev–Trinajstić information content (AvgIpc) is 2.92. The van der Waals surface area contributed by atoms with Crippen molar-refractivity contribution >= 4 is 29.0 Å². The van der Waals surface area contributed by atoms with Gasteiger partial charge in [0.1, 0.15) is 5.75 Å². The minimum absolute atomic E-state index is 0.0351. The molecule has 41 heavy (non-hydrogen) atoms. The number of rotatable bonds is 9. The molecule has 0 unspecified atom stereocenters. The highest BCUT2D eigenvalue weighted by Gasteiger charge is 2.35. The maximum absolute atomic E-state index is 13.3. The SMILES string of the molecule is COc1cc(NC(=O)C2CCC(N3Cc4c(C)cc(C(NCCN(C)C)=C5CCC5)cc4NC3=O)CC2)ccc1C. The number of amides is 3. The van der Waals surface area contributed by atoms with E-state index in [-0.39, 0.29) is 23.9 Å². The average molecular weight is 560 g/mol. The van der Waals surface area contributed by atoms with Crippen LogP contribution in [0.3, 0.4) is 0 Å². The number of aryl methyl sites for hydroxylation is 2. The largest absolute Gasteiger partial charge is 0.496 e. The van der Waals surface area contributed by atoms with E-state index in [2.05, 4.69) is 54.0 Å². The summed E-state index contributed by atoms with van der Waals surface area (Å²) in [5.41, 5.74) is 8.99. The lowest BCUT2D eigenvalue weighted by atomic mass is 9.84. The van der Waals surface area contributed by atoms with E-state index in [0.717, 1.165) is 74.3 Å². The highest BCUT2D eigenvalue weighted by molar-refractivity contribution is 5.94. The molecule has 1 heterocycles. The zero-order valence-electron chi connectivity index (χ0n) is 25.2. The number of carbonyl (C=O) groups is 2. The highest BCUT2D eigenvalue weighted by Crippen LogP contribution is 2.38. The number of allylic oxidation sites excluding steroid dienone is 1. The molecule has 3 aliphatic rings. The summed E-state index contributed by atoms with van der Waals surface area (Å²) in [7, 11) is 5.82. The molecule has 2 saturated carbocycles. The van der Waals surface area contributed by atoms with Gasteiger partial charge in [-0.1, -0.05) is 6.07 Å². The van der Waals surface area contributed by atoms with Gasteiger partial charge in [0.15, 0.2) is 0 Å². The molecule has 0 aromatic heterocycles. The third-order valence-electron chi connectivity index (χ3n) is 8.95. The van der Waals surface area contributed by atoms with Gasteiger partial charge in [-0.25, -0.2) is 4.79 Å². The summed E-state index contributed by atoms with van der Waals surface area (Å²) < 4.78 is 5.40. The van der Waals surface area contributed by atoms with Crippen LogP contribution in [0.2, 0.25) is 0 Å². The summed E-state index contributed by atoms with van der Waals surface area (Å²) >= 11 is 0. The van der Waals surface area contributed by atoms with Crippen molar-refractivity contribution in [2.45, 2.75) is 71.4 Å². The van der Waals surface area contributed by atoms with Crippen LogP contribution in [0.15, 0.2) is 35.9 Å². The number of carbonyl (C=O) groups excluding carboxylic acids is 2. The van der Waals surface area contributed by atoms with Gasteiger partial charge in [-0.15, -0.1) is 0 Å². The number of anilines is 2. The van der Waals surface area contributed by atoms with Crippen molar-refractivity contribution in [3.8, 4) is 5.75 Å². The van der Waals surface area contributed by atoms with Gasteiger partial charge in [-0.3, -0.25) is 4.79 Å². The van der Waals surface area contributed by atoms with Crippen LogP contribution in [0.1, 0.15) is 67.2 Å². The zero-order valence-corrected chi connectivity index (χ0v) is 25.2. The summed E-state index contributed by atoms with van der Waals surface area (Å²) in [5, 5.41) is 9.96. The third kappa shape index (κ3) is 6.53. The van der Waals surface area contributed by atoms with Crippen molar-refractivity contribution in [1.29, 1.82) is 0 Å². The summed E-state index contributed by atoms with van der Waals surface area (Å²) in [6.45, 7) is 6.61. The van der Waals surface area contributed by atoms with Gasteiger partial charge in [0.05, 0.1) is 13.7 Å². The van der Waals surface area contributed by atoms with E-state index in [1.54, 1.807) is 7.11 Å². The van der Waals surface area contributed by atoms with Crippen LogP contribution in [0.25, 0.3) is 5.70 Å². The molecule has 2 aromatic carbocycles. The minimum Gasteiger partial charge on any atom is -0.496 e. The second-order valence-corrected chi connectivity index (χ2v) is 12.1. The Morgan fingerprint density at radius 2 is 1.83 bits per heavy atom. The zero-order chi connectivity index (χ0) is 29.1. The fraction of sp³-hybridized carbons (Fsp3) is 0.515. The molecule has 0 bridgehead atoms. The Morgan fingerprint density at radius 1 is 1.07 bits per heavy atom. The second kappa shape index (κ2) is 12.6. The number of hydrogen-bond donors (Lipinski definition) is 3. The van der Waals surface area contributed by atoms with E-state index < -0.39 is 0 Å². The first kappa shape index (κ1) is 29.0. The topological polar surface area (TPSA) is 85.9 Å². The third-order valence-corrected chi connectivity index (χ3v) is 8.95. The van der Waals surface area contributed by atoms with Gasteiger partial charge in [0.25, 0.3) is 0 Å². The Balaban J connectivity index is 1.22. The molecular weight excluding hydrogens is 514 g/mol. The molecule has 0 saturated heterocycles. The number of ether oxygens (including phenoxy) is 1. The number of benzene rings is 2. The number of nitrogens with one attached hydrogen (secondary N) is 3. The van der Waals surface area contributed by atoms with Crippen LogP contribution < -0.4 is 20.7 Å². The van der Waals surface area contributed by atoms with Crippen molar-refractivity contribution in [1.82, 2.24) is 15.1 Å². The second-order valence-electron chi connectivity index (χ2n) is 12.1. The normalized spacial score (nSPS) is 20.2. The van der Waals surface area contributed by atoms with Crippen LogP contribution in [0.4, 0.5) is 16.2 Å². The number of urea groups is 1. The van der Waals surface area contributed by atoms with E-state index >= 15 is 0 Å². The molecule has 8 heteroatoms. The molecular formula is C33H45N5O3. The standard InChI is InChI=1S/C33H45N5O3/c1-21-9-12-26(19-30(21)41-5)35-32(39)24-10-13-27(14-11-24)38-20-28-22(2)17-25(18-29(28)36-33(38)40)31(23-7-6-8-23)34-15-16-37(3)4/h9,12,17-19,24,27,34H,6-8,10-11,13-16,20H2,1-5H3,(H,35,39)(H,36,40). The van der Waals surface area contributed by atoms with Crippen LogP contribution in [-0.2, 0) is 11.3 Å². The molecule has 5 rings (SSSR count). The number of fused-ring (bicyclic) bond motifs is 1. The molecule has 3 amide bonds. The van der Waals surface area contributed by atoms with E-state index in [0.29, 0.717) is 6.54 Å². The van der Waals surface area contributed by atoms with Gasteiger partial charge >= 0.3 is 6.03 Å². The molecule has 1 aliphatic heterocycles. The minimum atomic E-state index is -0.0547. The monoisotopic (exact) mass is 559 g/mol. The Hall–Kier alpha value is -3.52. The van der Waals surface area contributed by atoms with E-state index in [9.17, 15) is 9.59 Å². The lowest BCUT2D eigenvalue weighted by molar-refractivity contribution is -0.121. The van der Waals surface area contributed by atoms with Crippen LogP contribution >= 0.6 is 0 Å². The lowest BCUT2D eigenvalue weighted by Gasteiger charge is -2.40. The molecule has 2 aromatic rings. The van der Waals surface area contributed by atoms with Crippen LogP contribution in [0.5, 0.6) is 5.75 Å². The molecule has 3 N–H and O–H groups in total. The number of nitrogens with zero attached hydrogens (tertiary/aromatic N) is 2. The molecule has 8 nitrogen and oxygen atoms in total. The van der Waals surface area contributed by atoms with Crippen molar-refractivity contribution in [3.05, 3.63) is 58.2 Å². The fourth-order valence-corrected chi connectivity index (χ4v) is 6.24. The highest BCUT2D eigenvalue weighted by atomic mass is 16.5. The van der Waals surface area contributed by atoms with Gasteiger partial charge < -0.3 is 30.5 Å². The van der Waals surface area contributed by atoms with Crippen molar-refractivity contribution in [3.63, 3.8) is 0 Å². The maximum Gasteiger partial charge on any atom is 0.322 e. The van der Waals surface area contributed by atoms with Gasteiger partial charge in [-0.2, -0.15) is 0 Å². The Labute approximate surface area is 244 Å². The summed E-state index contributed by atoms with van der Waals surface area (Å²) in [6, 6.07) is 10.3. The van der Waals surface area contributed by atoms with Crippen molar-refractivity contribution in [2.24, 2.45) is 5.92 Å². The van der Waals surface area contributed by atoms with Gasteiger partial charge in [0.2, 0.25) is 5.91 Å².